The average Bonchev–Trinajstić information content (AvgIpc) is 3.09. The second-order valence-corrected chi connectivity index (χ2v) is 9.55. The lowest BCUT2D eigenvalue weighted by molar-refractivity contribution is 0.401. The molecule has 0 amide bonds. The maximum atomic E-state index is 13.5. The molecule has 2 heterocycles. The van der Waals surface area contributed by atoms with E-state index in [-0.39, 0.29) is 18.0 Å². The van der Waals surface area contributed by atoms with Crippen molar-refractivity contribution >= 4 is 36.7 Å². The molecule has 0 spiro atoms. The van der Waals surface area contributed by atoms with Gasteiger partial charge in [-0.25, -0.2) is 13.1 Å². The van der Waals surface area contributed by atoms with Crippen LogP contribution in [-0.2, 0) is 23.1 Å². The molecule has 0 aliphatic carbocycles. The molecule has 0 unspecified atom stereocenters. The van der Waals surface area contributed by atoms with Crippen LogP contribution >= 0.6 is 15.9 Å². The number of nitrogens with zero attached hydrogens (tertiary/aromatic N) is 4. The lowest BCUT2D eigenvalue weighted by Gasteiger charge is -2.20. The van der Waals surface area contributed by atoms with Gasteiger partial charge in [-0.3, -0.25) is 0 Å². The maximum absolute atomic E-state index is 13.5. The first-order valence-corrected chi connectivity index (χ1v) is 10.9. The number of halogens is 1. The Morgan fingerprint density at radius 2 is 1.75 bits per heavy atom. The van der Waals surface area contributed by atoms with E-state index in [0.29, 0.717) is 0 Å². The highest BCUT2D eigenvalue weighted by Gasteiger charge is 2.30. The largest absolute Gasteiger partial charge is 0.243 e. The highest BCUT2D eigenvalue weighted by molar-refractivity contribution is 9.10. The fraction of sp³-hybridized carbons (Fsp3) is 0.100. The molecule has 6 nitrogen and oxygen atoms in total. The van der Waals surface area contributed by atoms with Gasteiger partial charge in [0.1, 0.15) is 0 Å². The number of hydrogen-bond acceptors (Lipinski definition) is 4. The highest BCUT2D eigenvalue weighted by atomic mass is 79.9. The Balaban J connectivity index is 1.64. The Morgan fingerprint density at radius 1 is 0.929 bits per heavy atom. The third-order valence-corrected chi connectivity index (χ3v) is 7.21. The smallest absolute Gasteiger partial charge is 0.216 e. The van der Waals surface area contributed by atoms with Crippen molar-refractivity contribution in [3.05, 3.63) is 82.6 Å². The van der Waals surface area contributed by atoms with Crippen LogP contribution in [0.25, 0.3) is 16.5 Å². The van der Waals surface area contributed by atoms with Crippen molar-refractivity contribution in [1.29, 1.82) is 0 Å². The summed E-state index contributed by atoms with van der Waals surface area (Å²) in [6.45, 7) is 0.460. The van der Waals surface area contributed by atoms with E-state index in [4.69, 9.17) is 0 Å². The molecule has 4 aromatic rings. The summed E-state index contributed by atoms with van der Waals surface area (Å²) in [5.74, 6) is 0. The van der Waals surface area contributed by atoms with Gasteiger partial charge in [0.25, 0.3) is 0 Å². The second kappa shape index (κ2) is 6.51. The molecule has 3 aromatic carbocycles. The van der Waals surface area contributed by atoms with Gasteiger partial charge in [-0.1, -0.05) is 51.5 Å². The SMILES string of the molecule is O=S(=O)(c1ccc2ccccc2c1)N1Cc2cc(Br)ccc2-n2nncc2C1. The topological polar surface area (TPSA) is 68.1 Å². The van der Waals surface area contributed by atoms with Gasteiger partial charge in [-0.2, -0.15) is 4.31 Å². The van der Waals surface area contributed by atoms with Gasteiger partial charge in [-0.05, 0) is 46.7 Å². The normalized spacial score (nSPS) is 14.5. The van der Waals surface area contributed by atoms with E-state index >= 15 is 0 Å². The molecule has 140 valence electrons. The first-order valence-electron chi connectivity index (χ1n) is 8.70. The van der Waals surface area contributed by atoms with Crippen LogP contribution in [0.3, 0.4) is 0 Å². The summed E-state index contributed by atoms with van der Waals surface area (Å²) in [5.41, 5.74) is 2.43. The van der Waals surface area contributed by atoms with Gasteiger partial charge in [0, 0.05) is 11.0 Å². The van der Waals surface area contributed by atoms with Crippen molar-refractivity contribution < 1.29 is 8.42 Å². The third kappa shape index (κ3) is 2.85. The van der Waals surface area contributed by atoms with Crippen molar-refractivity contribution in [2.45, 2.75) is 18.0 Å². The Labute approximate surface area is 170 Å². The minimum absolute atomic E-state index is 0.203. The number of fused-ring (bicyclic) bond motifs is 4. The molecule has 0 radical (unpaired) electrons. The van der Waals surface area contributed by atoms with Crippen LogP contribution in [0, 0.1) is 0 Å². The van der Waals surface area contributed by atoms with Crippen molar-refractivity contribution in [2.24, 2.45) is 0 Å². The highest BCUT2D eigenvalue weighted by Crippen LogP contribution is 2.30. The lowest BCUT2D eigenvalue weighted by atomic mass is 10.1. The Kier molecular flexibility index (Phi) is 4.08. The van der Waals surface area contributed by atoms with Crippen LogP contribution in [0.5, 0.6) is 0 Å². The second-order valence-electron chi connectivity index (χ2n) is 6.69. The van der Waals surface area contributed by atoms with E-state index in [2.05, 4.69) is 26.2 Å². The van der Waals surface area contributed by atoms with Gasteiger partial charge in [0.15, 0.2) is 0 Å². The summed E-state index contributed by atoms with van der Waals surface area (Å²) in [5, 5.41) is 10.0. The molecule has 1 aliphatic heterocycles. The fourth-order valence-corrected chi connectivity index (χ4v) is 5.36. The van der Waals surface area contributed by atoms with Crippen LogP contribution in [0.2, 0.25) is 0 Å². The van der Waals surface area contributed by atoms with Gasteiger partial charge in [0.2, 0.25) is 10.0 Å². The fourth-order valence-electron chi connectivity index (χ4n) is 3.53. The van der Waals surface area contributed by atoms with Crippen LogP contribution in [0.1, 0.15) is 11.3 Å². The zero-order valence-corrected chi connectivity index (χ0v) is 17.1. The van der Waals surface area contributed by atoms with Gasteiger partial charge in [-0.15, -0.1) is 5.10 Å². The summed E-state index contributed by atoms with van der Waals surface area (Å²) < 4.78 is 31.0. The standard InChI is InChI=1S/C20H15BrN4O2S/c21-17-6-8-20-16(9-17)12-24(13-18-11-22-23-25(18)20)28(26,27)19-7-5-14-3-1-2-4-15(14)10-19/h1-11H,12-13H2. The van der Waals surface area contributed by atoms with Gasteiger partial charge >= 0.3 is 0 Å². The molecule has 1 aliphatic rings. The molecule has 0 N–H and O–H groups in total. The summed E-state index contributed by atoms with van der Waals surface area (Å²) >= 11 is 3.48. The number of rotatable bonds is 2. The summed E-state index contributed by atoms with van der Waals surface area (Å²) in [4.78, 5) is 0.281. The quantitative estimate of drug-likeness (QED) is 0.460. The van der Waals surface area contributed by atoms with Crippen molar-refractivity contribution in [3.8, 4) is 5.69 Å². The van der Waals surface area contributed by atoms with Crippen LogP contribution in [0.4, 0.5) is 0 Å². The molecule has 0 saturated heterocycles. The average molecular weight is 455 g/mol. The molecule has 1 aromatic heterocycles. The monoisotopic (exact) mass is 454 g/mol. The minimum atomic E-state index is -3.70. The van der Waals surface area contributed by atoms with Crippen LogP contribution < -0.4 is 0 Å². The molecule has 5 rings (SSSR count). The summed E-state index contributed by atoms with van der Waals surface area (Å²) in [6.07, 6.45) is 1.61. The van der Waals surface area contributed by atoms with Gasteiger partial charge < -0.3 is 0 Å². The Hall–Kier alpha value is -2.55. The van der Waals surface area contributed by atoms with Crippen LogP contribution in [0.15, 0.2) is 76.2 Å². The van der Waals surface area contributed by atoms with Crippen molar-refractivity contribution in [3.63, 3.8) is 0 Å². The zero-order valence-electron chi connectivity index (χ0n) is 14.7. The molecule has 28 heavy (non-hydrogen) atoms. The first kappa shape index (κ1) is 17.5. The van der Waals surface area contributed by atoms with E-state index in [1.165, 1.54) is 4.31 Å². The number of hydrogen-bond donors (Lipinski definition) is 0. The molecule has 0 bridgehead atoms. The van der Waals surface area contributed by atoms with E-state index < -0.39 is 10.0 Å². The lowest BCUT2D eigenvalue weighted by Crippen LogP contribution is -2.29. The molecule has 0 atom stereocenters. The van der Waals surface area contributed by atoms with Crippen molar-refractivity contribution in [1.82, 2.24) is 19.3 Å². The van der Waals surface area contributed by atoms with Crippen LogP contribution in [-0.4, -0.2) is 27.7 Å². The van der Waals surface area contributed by atoms with E-state index in [9.17, 15) is 8.42 Å². The Morgan fingerprint density at radius 3 is 2.61 bits per heavy atom. The molecule has 8 heteroatoms. The van der Waals surface area contributed by atoms with E-state index in [1.54, 1.807) is 23.0 Å². The number of aromatic nitrogens is 3. The third-order valence-electron chi connectivity index (χ3n) is 4.93. The predicted molar refractivity (Wildman–Crippen MR) is 109 cm³/mol. The Bertz CT molecular complexity index is 1320. The zero-order chi connectivity index (χ0) is 19.3. The summed E-state index contributed by atoms with van der Waals surface area (Å²) in [7, 11) is -3.70. The van der Waals surface area contributed by atoms with Gasteiger partial charge in [0.05, 0.1) is 29.0 Å². The molecule has 0 saturated carbocycles. The first-order chi connectivity index (χ1) is 13.5. The van der Waals surface area contributed by atoms with E-state index in [0.717, 1.165) is 32.2 Å². The summed E-state index contributed by atoms with van der Waals surface area (Å²) in [6, 6.07) is 18.7. The van der Waals surface area contributed by atoms with E-state index in [1.807, 2.05) is 48.5 Å². The molecule has 0 fully saturated rings. The maximum Gasteiger partial charge on any atom is 0.243 e. The van der Waals surface area contributed by atoms with Crippen molar-refractivity contribution in [2.75, 3.05) is 0 Å². The number of benzene rings is 3. The molecular formula is C20H15BrN4O2S. The predicted octanol–water partition coefficient (Wildman–Crippen LogP) is 3.89. The minimum Gasteiger partial charge on any atom is -0.216 e. The number of sulfonamides is 1. The molecular weight excluding hydrogens is 440 g/mol.